The summed E-state index contributed by atoms with van der Waals surface area (Å²) in [5.74, 6) is 2.41. The minimum Gasteiger partial charge on any atom is -0.393 e. The Morgan fingerprint density at radius 2 is 1.87 bits per heavy atom. The molecule has 5 fully saturated rings. The highest BCUT2D eigenvalue weighted by atomic mass is 16.7. The third kappa shape index (κ3) is 2.62. The Hall–Kier alpha value is -0.710. The van der Waals surface area contributed by atoms with E-state index < -0.39 is 5.79 Å². The summed E-state index contributed by atoms with van der Waals surface area (Å²) in [6.07, 6.45) is 10.3. The number of allylic oxidation sites excluding steroid dienone is 2. The highest BCUT2D eigenvalue weighted by Crippen LogP contribution is 2.69. The molecular weight excluding hydrogens is 388 g/mol. The Labute approximate surface area is 187 Å². The molecule has 1 spiro atoms. The summed E-state index contributed by atoms with van der Waals surface area (Å²) in [5, 5.41) is 10.3. The number of carbonyl (C=O) groups excluding carboxylic acids is 1. The van der Waals surface area contributed by atoms with E-state index in [-0.39, 0.29) is 34.9 Å². The Kier molecular flexibility index (Phi) is 4.49. The topological polar surface area (TPSA) is 55.8 Å². The fraction of sp³-hybridized carbons (Fsp3) is 0.889. The zero-order valence-corrected chi connectivity index (χ0v) is 19.7. The third-order valence-electron chi connectivity index (χ3n) is 11.2. The summed E-state index contributed by atoms with van der Waals surface area (Å²) in [5.41, 5.74) is 1.19. The van der Waals surface area contributed by atoms with Gasteiger partial charge in [0.2, 0.25) is 0 Å². The lowest BCUT2D eigenvalue weighted by atomic mass is 9.48. The van der Waals surface area contributed by atoms with E-state index in [2.05, 4.69) is 33.8 Å². The van der Waals surface area contributed by atoms with Crippen LogP contribution in [0.4, 0.5) is 0 Å². The Morgan fingerprint density at radius 1 is 1.06 bits per heavy atom. The van der Waals surface area contributed by atoms with Gasteiger partial charge in [0.15, 0.2) is 11.6 Å². The van der Waals surface area contributed by atoms with Crippen LogP contribution in [0.15, 0.2) is 11.6 Å². The van der Waals surface area contributed by atoms with Crippen LogP contribution in [0.2, 0.25) is 0 Å². The van der Waals surface area contributed by atoms with Crippen LogP contribution in [0.1, 0.15) is 79.1 Å². The van der Waals surface area contributed by atoms with E-state index in [0.717, 1.165) is 45.1 Å². The second-order valence-electron chi connectivity index (χ2n) is 12.6. The van der Waals surface area contributed by atoms with Crippen LogP contribution in [0.25, 0.3) is 0 Å². The molecule has 0 aromatic rings. The van der Waals surface area contributed by atoms with Gasteiger partial charge < -0.3 is 14.6 Å². The zero-order valence-electron chi connectivity index (χ0n) is 19.7. The normalized spacial score (nSPS) is 58.4. The molecule has 0 bridgehead atoms. The largest absolute Gasteiger partial charge is 0.393 e. The lowest BCUT2D eigenvalue weighted by molar-refractivity contribution is -0.271. The SMILES string of the molecule is CC1CC[C@@]2(OC1)OC1CC3C4CC[C@H]5CC(O)CC[C@]5(C)C4=CC(=O)[C@]3(C)C1[C@@H]2C. The number of hydrogen-bond acceptors (Lipinski definition) is 4. The summed E-state index contributed by atoms with van der Waals surface area (Å²) >= 11 is 0. The molecule has 31 heavy (non-hydrogen) atoms. The summed E-state index contributed by atoms with van der Waals surface area (Å²) < 4.78 is 13.2. The van der Waals surface area contributed by atoms with Gasteiger partial charge in [-0.15, -0.1) is 0 Å². The van der Waals surface area contributed by atoms with E-state index in [0.29, 0.717) is 29.5 Å². The third-order valence-corrected chi connectivity index (χ3v) is 11.2. The number of hydrogen-bond donors (Lipinski definition) is 1. The number of ketones is 1. The predicted molar refractivity (Wildman–Crippen MR) is 118 cm³/mol. The Morgan fingerprint density at radius 3 is 2.61 bits per heavy atom. The van der Waals surface area contributed by atoms with Crippen LogP contribution in [-0.2, 0) is 14.3 Å². The van der Waals surface area contributed by atoms with Crippen LogP contribution in [0.5, 0.6) is 0 Å². The maximum Gasteiger partial charge on any atom is 0.171 e. The standard InChI is InChI=1S/C27H40O4/c1-15-7-10-27(30-14-15)16(2)24-22(31-27)12-21-19-6-5-17-11-18(28)8-9-25(17,3)20(19)13-23(29)26(21,24)4/h13,15-19,21-22,24,28H,5-12,14H2,1-4H3/t15?,16-,17-,18?,19?,21?,22?,24?,25-,26+,27+/m0/s1. The number of aliphatic hydroxyl groups is 1. The molecular formula is C27H40O4. The van der Waals surface area contributed by atoms with Gasteiger partial charge in [0.25, 0.3) is 0 Å². The quantitative estimate of drug-likeness (QED) is 0.597. The molecule has 6 unspecified atom stereocenters. The van der Waals surface area contributed by atoms with Crippen LogP contribution >= 0.6 is 0 Å². The highest BCUT2D eigenvalue weighted by Gasteiger charge is 2.70. The van der Waals surface area contributed by atoms with Gasteiger partial charge in [-0.3, -0.25) is 4.79 Å². The molecule has 4 nitrogen and oxygen atoms in total. The maximum atomic E-state index is 13.9. The molecule has 3 saturated carbocycles. The summed E-state index contributed by atoms with van der Waals surface area (Å²) in [4.78, 5) is 13.9. The van der Waals surface area contributed by atoms with E-state index in [4.69, 9.17) is 9.47 Å². The van der Waals surface area contributed by atoms with Crippen molar-refractivity contribution in [1.29, 1.82) is 0 Å². The van der Waals surface area contributed by atoms with Gasteiger partial charge in [-0.2, -0.15) is 0 Å². The van der Waals surface area contributed by atoms with Gasteiger partial charge >= 0.3 is 0 Å². The fourth-order valence-corrected chi connectivity index (χ4v) is 9.28. The average molecular weight is 429 g/mol. The van der Waals surface area contributed by atoms with Gasteiger partial charge in [-0.05, 0) is 80.1 Å². The molecule has 172 valence electrons. The molecule has 4 heteroatoms. The van der Waals surface area contributed by atoms with Crippen molar-refractivity contribution in [3.63, 3.8) is 0 Å². The second-order valence-corrected chi connectivity index (χ2v) is 12.6. The second kappa shape index (κ2) is 6.67. The average Bonchev–Trinajstić information content (AvgIpc) is 3.18. The van der Waals surface area contributed by atoms with Gasteiger partial charge in [0.05, 0.1) is 18.8 Å². The molecule has 0 amide bonds. The van der Waals surface area contributed by atoms with Gasteiger partial charge in [0, 0.05) is 23.7 Å². The van der Waals surface area contributed by atoms with E-state index >= 15 is 0 Å². The number of fused-ring (bicyclic) bond motifs is 7. The molecule has 2 saturated heterocycles. The van der Waals surface area contributed by atoms with Crippen molar-refractivity contribution in [3.05, 3.63) is 11.6 Å². The van der Waals surface area contributed by atoms with E-state index in [1.54, 1.807) is 0 Å². The number of carbonyl (C=O) groups is 1. The van der Waals surface area contributed by atoms with E-state index in [1.165, 1.54) is 18.4 Å². The lowest BCUT2D eigenvalue weighted by Gasteiger charge is -2.56. The molecule has 2 aliphatic heterocycles. The van der Waals surface area contributed by atoms with Crippen molar-refractivity contribution < 1.29 is 19.4 Å². The first-order valence-corrected chi connectivity index (χ1v) is 13.0. The lowest BCUT2D eigenvalue weighted by Crippen LogP contribution is -2.53. The highest BCUT2D eigenvalue weighted by molar-refractivity contribution is 5.97. The first kappa shape index (κ1) is 20.9. The molecule has 0 aromatic heterocycles. The molecule has 1 N–H and O–H groups in total. The summed E-state index contributed by atoms with van der Waals surface area (Å²) in [6, 6.07) is 0. The van der Waals surface area contributed by atoms with E-state index in [9.17, 15) is 9.90 Å². The number of aliphatic hydroxyl groups excluding tert-OH is 1. The molecule has 2 heterocycles. The smallest absolute Gasteiger partial charge is 0.171 e. The fourth-order valence-electron chi connectivity index (χ4n) is 9.28. The van der Waals surface area contributed by atoms with Crippen molar-refractivity contribution in [2.45, 2.75) is 97.1 Å². The van der Waals surface area contributed by atoms with E-state index in [1.807, 2.05) is 0 Å². The minimum absolute atomic E-state index is 0.0904. The Balaban J connectivity index is 1.34. The molecule has 6 rings (SSSR count). The van der Waals surface area contributed by atoms with Gasteiger partial charge in [0.1, 0.15) is 0 Å². The van der Waals surface area contributed by atoms with Crippen LogP contribution in [0, 0.1) is 46.3 Å². The molecule has 11 atom stereocenters. The van der Waals surface area contributed by atoms with Crippen LogP contribution in [0.3, 0.4) is 0 Å². The van der Waals surface area contributed by atoms with Crippen molar-refractivity contribution in [2.75, 3.05) is 6.61 Å². The van der Waals surface area contributed by atoms with Crippen molar-refractivity contribution in [2.24, 2.45) is 46.3 Å². The van der Waals surface area contributed by atoms with Crippen LogP contribution < -0.4 is 0 Å². The summed E-state index contributed by atoms with van der Waals surface area (Å²) in [7, 11) is 0. The first-order chi connectivity index (χ1) is 14.7. The first-order valence-electron chi connectivity index (χ1n) is 13.0. The van der Waals surface area contributed by atoms with Crippen molar-refractivity contribution in [3.8, 4) is 0 Å². The van der Waals surface area contributed by atoms with Crippen molar-refractivity contribution in [1.82, 2.24) is 0 Å². The number of rotatable bonds is 0. The van der Waals surface area contributed by atoms with Gasteiger partial charge in [-0.1, -0.05) is 33.3 Å². The van der Waals surface area contributed by atoms with Crippen molar-refractivity contribution >= 4 is 5.78 Å². The predicted octanol–water partition coefficient (Wildman–Crippen LogP) is 4.89. The maximum absolute atomic E-state index is 13.9. The minimum atomic E-state index is -0.469. The monoisotopic (exact) mass is 428 g/mol. The molecule has 4 aliphatic carbocycles. The summed E-state index contributed by atoms with van der Waals surface area (Å²) in [6.45, 7) is 9.97. The Bertz CT molecular complexity index is 810. The molecule has 0 aromatic carbocycles. The van der Waals surface area contributed by atoms with Gasteiger partial charge in [-0.25, -0.2) is 0 Å². The molecule has 6 aliphatic rings. The zero-order chi connectivity index (χ0) is 21.8. The number of ether oxygens (including phenoxy) is 2. The van der Waals surface area contributed by atoms with Crippen LogP contribution in [-0.4, -0.2) is 35.5 Å². The molecule has 0 radical (unpaired) electrons.